The van der Waals surface area contributed by atoms with Crippen LogP contribution in [-0.2, 0) is 4.79 Å². The van der Waals surface area contributed by atoms with Crippen LogP contribution < -0.4 is 10.2 Å². The molecule has 25 heavy (non-hydrogen) atoms. The number of rotatable bonds is 5. The molecule has 1 N–H and O–H groups in total. The van der Waals surface area contributed by atoms with Gasteiger partial charge in [-0.1, -0.05) is 30.3 Å². The van der Waals surface area contributed by atoms with Crippen LogP contribution in [0.4, 0.5) is 11.4 Å². The Labute approximate surface area is 150 Å². The number of amides is 1. The summed E-state index contributed by atoms with van der Waals surface area (Å²) in [5.41, 5.74) is 5.03. The van der Waals surface area contributed by atoms with Crippen molar-refractivity contribution in [2.24, 2.45) is 0 Å². The molecule has 132 valence electrons. The largest absolute Gasteiger partial charge is 0.385 e. The van der Waals surface area contributed by atoms with E-state index in [4.69, 9.17) is 0 Å². The van der Waals surface area contributed by atoms with Gasteiger partial charge in [-0.05, 0) is 43.2 Å². The number of piperazine rings is 1. The first-order chi connectivity index (χ1) is 12.1. The van der Waals surface area contributed by atoms with E-state index in [0.29, 0.717) is 13.0 Å². The van der Waals surface area contributed by atoms with E-state index in [-0.39, 0.29) is 5.91 Å². The molecular formula is C21H27N3O. The maximum absolute atomic E-state index is 12.4. The topological polar surface area (TPSA) is 35.6 Å². The number of carbonyl (C=O) groups is 1. The number of nitrogens with zero attached hydrogens (tertiary/aromatic N) is 2. The van der Waals surface area contributed by atoms with Gasteiger partial charge in [0.05, 0.1) is 0 Å². The molecule has 1 aliphatic rings. The van der Waals surface area contributed by atoms with Gasteiger partial charge in [0.15, 0.2) is 0 Å². The first-order valence-electron chi connectivity index (χ1n) is 9.03. The third kappa shape index (κ3) is 4.32. The van der Waals surface area contributed by atoms with Crippen LogP contribution in [0.2, 0.25) is 0 Å². The van der Waals surface area contributed by atoms with Gasteiger partial charge >= 0.3 is 0 Å². The molecule has 0 unspecified atom stereocenters. The zero-order chi connectivity index (χ0) is 17.6. The number of para-hydroxylation sites is 1. The molecule has 4 nitrogen and oxygen atoms in total. The van der Waals surface area contributed by atoms with Crippen molar-refractivity contribution in [3.8, 4) is 0 Å². The van der Waals surface area contributed by atoms with Crippen molar-refractivity contribution in [3.63, 3.8) is 0 Å². The lowest BCUT2D eigenvalue weighted by atomic mass is 10.1. The Morgan fingerprint density at radius 3 is 2.40 bits per heavy atom. The summed E-state index contributed by atoms with van der Waals surface area (Å²) >= 11 is 0. The zero-order valence-electron chi connectivity index (χ0n) is 15.2. The van der Waals surface area contributed by atoms with Gasteiger partial charge in [0.2, 0.25) is 5.91 Å². The van der Waals surface area contributed by atoms with Crippen LogP contribution in [0.5, 0.6) is 0 Å². The van der Waals surface area contributed by atoms with E-state index in [0.717, 1.165) is 31.9 Å². The lowest BCUT2D eigenvalue weighted by Gasteiger charge is -2.37. The number of hydrogen-bond donors (Lipinski definition) is 1. The highest BCUT2D eigenvalue weighted by molar-refractivity contribution is 5.77. The van der Waals surface area contributed by atoms with Crippen molar-refractivity contribution < 1.29 is 4.79 Å². The quantitative estimate of drug-likeness (QED) is 0.908. The van der Waals surface area contributed by atoms with Gasteiger partial charge in [-0.2, -0.15) is 0 Å². The summed E-state index contributed by atoms with van der Waals surface area (Å²) in [6.45, 7) is 8.43. The monoisotopic (exact) mass is 337 g/mol. The summed E-state index contributed by atoms with van der Waals surface area (Å²) in [5, 5.41) is 3.31. The van der Waals surface area contributed by atoms with Gasteiger partial charge < -0.3 is 15.1 Å². The molecule has 3 rings (SSSR count). The van der Waals surface area contributed by atoms with E-state index in [9.17, 15) is 4.79 Å². The van der Waals surface area contributed by atoms with Gasteiger partial charge in [0.25, 0.3) is 0 Å². The summed E-state index contributed by atoms with van der Waals surface area (Å²) in [7, 11) is 0. The molecule has 0 spiro atoms. The first-order valence-corrected chi connectivity index (χ1v) is 9.03. The third-order valence-electron chi connectivity index (χ3n) is 4.99. The van der Waals surface area contributed by atoms with Crippen LogP contribution in [0.15, 0.2) is 48.5 Å². The summed E-state index contributed by atoms with van der Waals surface area (Å²) in [6.07, 6.45) is 0.540. The third-order valence-corrected chi connectivity index (χ3v) is 4.99. The molecule has 1 aliphatic heterocycles. The van der Waals surface area contributed by atoms with Gasteiger partial charge in [0, 0.05) is 50.5 Å². The predicted octanol–water partition coefficient (Wildman–Crippen LogP) is 3.45. The molecule has 0 radical (unpaired) electrons. The normalized spacial score (nSPS) is 14.5. The van der Waals surface area contributed by atoms with E-state index in [1.165, 1.54) is 16.8 Å². The molecule has 1 amide bonds. The molecule has 2 aromatic rings. The highest BCUT2D eigenvalue weighted by atomic mass is 16.2. The molecule has 0 aromatic heterocycles. The average Bonchev–Trinajstić information content (AvgIpc) is 2.65. The van der Waals surface area contributed by atoms with Crippen molar-refractivity contribution in [2.45, 2.75) is 20.3 Å². The van der Waals surface area contributed by atoms with Crippen molar-refractivity contribution >= 4 is 17.3 Å². The molecule has 2 aromatic carbocycles. The Balaban J connectivity index is 1.47. The second-order valence-corrected chi connectivity index (χ2v) is 6.63. The molecule has 1 fully saturated rings. The van der Waals surface area contributed by atoms with Crippen LogP contribution in [-0.4, -0.2) is 43.5 Å². The van der Waals surface area contributed by atoms with Crippen LogP contribution in [0, 0.1) is 13.8 Å². The standard InChI is InChI=1S/C21H27N3O/c1-17-7-6-10-20(18(17)2)23-13-15-24(16-14-23)21(25)11-12-22-19-8-4-3-5-9-19/h3-10,22H,11-16H2,1-2H3. The summed E-state index contributed by atoms with van der Waals surface area (Å²) in [5.74, 6) is 0.240. The maximum atomic E-state index is 12.4. The minimum absolute atomic E-state index is 0.240. The molecule has 1 heterocycles. The second-order valence-electron chi connectivity index (χ2n) is 6.63. The maximum Gasteiger partial charge on any atom is 0.224 e. The minimum Gasteiger partial charge on any atom is -0.385 e. The highest BCUT2D eigenvalue weighted by Crippen LogP contribution is 2.23. The Bertz CT molecular complexity index is 706. The fraction of sp³-hybridized carbons (Fsp3) is 0.381. The van der Waals surface area contributed by atoms with Crippen molar-refractivity contribution in [3.05, 3.63) is 59.7 Å². The van der Waals surface area contributed by atoms with Crippen LogP contribution in [0.3, 0.4) is 0 Å². The minimum atomic E-state index is 0.240. The number of anilines is 2. The summed E-state index contributed by atoms with van der Waals surface area (Å²) in [4.78, 5) is 16.8. The van der Waals surface area contributed by atoms with Crippen molar-refractivity contribution in [2.75, 3.05) is 42.9 Å². The van der Waals surface area contributed by atoms with E-state index < -0.39 is 0 Å². The van der Waals surface area contributed by atoms with Crippen LogP contribution in [0.25, 0.3) is 0 Å². The SMILES string of the molecule is Cc1cccc(N2CCN(C(=O)CCNc3ccccc3)CC2)c1C. The first kappa shape index (κ1) is 17.3. The van der Waals surface area contributed by atoms with E-state index in [1.54, 1.807) is 0 Å². The molecular weight excluding hydrogens is 310 g/mol. The number of hydrogen-bond acceptors (Lipinski definition) is 3. The molecule has 0 atom stereocenters. The number of carbonyl (C=O) groups excluding carboxylic acids is 1. The van der Waals surface area contributed by atoms with E-state index in [2.05, 4.69) is 42.3 Å². The van der Waals surface area contributed by atoms with Gasteiger partial charge in [-0.25, -0.2) is 0 Å². The molecule has 4 heteroatoms. The van der Waals surface area contributed by atoms with E-state index >= 15 is 0 Å². The summed E-state index contributed by atoms with van der Waals surface area (Å²) < 4.78 is 0. The Morgan fingerprint density at radius 1 is 0.960 bits per heavy atom. The van der Waals surface area contributed by atoms with Crippen LogP contribution in [0.1, 0.15) is 17.5 Å². The Morgan fingerprint density at radius 2 is 1.68 bits per heavy atom. The molecule has 0 bridgehead atoms. The van der Waals surface area contributed by atoms with E-state index in [1.807, 2.05) is 35.2 Å². The average molecular weight is 337 g/mol. The lowest BCUT2D eigenvalue weighted by Crippen LogP contribution is -2.49. The van der Waals surface area contributed by atoms with Crippen LogP contribution >= 0.6 is 0 Å². The lowest BCUT2D eigenvalue weighted by molar-refractivity contribution is -0.131. The van der Waals surface area contributed by atoms with Crippen molar-refractivity contribution in [1.82, 2.24) is 4.90 Å². The Kier molecular flexibility index (Phi) is 5.59. The smallest absolute Gasteiger partial charge is 0.224 e. The van der Waals surface area contributed by atoms with Gasteiger partial charge in [-0.15, -0.1) is 0 Å². The fourth-order valence-electron chi connectivity index (χ4n) is 3.30. The van der Waals surface area contributed by atoms with Gasteiger partial charge in [0.1, 0.15) is 0 Å². The summed E-state index contributed by atoms with van der Waals surface area (Å²) in [6, 6.07) is 16.5. The second kappa shape index (κ2) is 8.06. The number of benzene rings is 2. The Hall–Kier alpha value is -2.49. The molecule has 0 saturated carbocycles. The van der Waals surface area contributed by atoms with Gasteiger partial charge in [-0.3, -0.25) is 4.79 Å². The molecule has 1 saturated heterocycles. The number of nitrogens with one attached hydrogen (secondary N) is 1. The highest BCUT2D eigenvalue weighted by Gasteiger charge is 2.21. The van der Waals surface area contributed by atoms with Crippen molar-refractivity contribution in [1.29, 1.82) is 0 Å². The fourth-order valence-corrected chi connectivity index (χ4v) is 3.30. The molecule has 0 aliphatic carbocycles. The predicted molar refractivity (Wildman–Crippen MR) is 104 cm³/mol. The zero-order valence-corrected chi connectivity index (χ0v) is 15.2. The number of aryl methyl sites for hydroxylation is 1.